The number of carbonyl (C=O) groups is 1. The highest BCUT2D eigenvalue weighted by Gasteiger charge is 2.16. The van der Waals surface area contributed by atoms with E-state index in [1.165, 1.54) is 5.56 Å². The molecule has 4 rings (SSSR count). The SMILES string of the molecule is Cc1ccc(-c2nnc(SCCCC(=O)NCCN3CCOCC3)n2-c2ccccc2)cc1. The molecule has 1 aliphatic heterocycles. The molecule has 7 nitrogen and oxygen atoms in total. The summed E-state index contributed by atoms with van der Waals surface area (Å²) in [6, 6.07) is 18.5. The molecule has 0 bridgehead atoms. The maximum atomic E-state index is 12.2. The minimum Gasteiger partial charge on any atom is -0.379 e. The van der Waals surface area contributed by atoms with Crippen molar-refractivity contribution in [3.05, 3.63) is 60.2 Å². The molecule has 1 N–H and O–H groups in total. The van der Waals surface area contributed by atoms with Crippen molar-refractivity contribution < 1.29 is 9.53 Å². The summed E-state index contributed by atoms with van der Waals surface area (Å²) in [5.41, 5.74) is 3.27. The Morgan fingerprint density at radius 1 is 1.06 bits per heavy atom. The second-order valence-corrected chi connectivity index (χ2v) is 9.16. The van der Waals surface area contributed by atoms with Gasteiger partial charge in [0.1, 0.15) is 0 Å². The van der Waals surface area contributed by atoms with Crippen molar-refractivity contribution in [1.29, 1.82) is 0 Å². The fourth-order valence-corrected chi connectivity index (χ4v) is 4.62. The number of nitrogens with zero attached hydrogens (tertiary/aromatic N) is 4. The summed E-state index contributed by atoms with van der Waals surface area (Å²) in [7, 11) is 0. The molecule has 0 spiro atoms. The van der Waals surface area contributed by atoms with Gasteiger partial charge in [-0.1, -0.05) is 59.8 Å². The molecule has 1 aromatic heterocycles. The first-order valence-corrected chi connectivity index (χ1v) is 12.5. The van der Waals surface area contributed by atoms with Crippen LogP contribution >= 0.6 is 11.8 Å². The van der Waals surface area contributed by atoms with Crippen LogP contribution in [0.3, 0.4) is 0 Å². The second kappa shape index (κ2) is 12.0. The Bertz CT molecular complexity index is 1020. The van der Waals surface area contributed by atoms with E-state index in [0.717, 1.165) is 67.3 Å². The van der Waals surface area contributed by atoms with Gasteiger partial charge in [0.2, 0.25) is 5.91 Å². The minimum absolute atomic E-state index is 0.105. The van der Waals surface area contributed by atoms with E-state index in [0.29, 0.717) is 13.0 Å². The number of benzene rings is 2. The summed E-state index contributed by atoms with van der Waals surface area (Å²) in [6.07, 6.45) is 1.30. The van der Waals surface area contributed by atoms with E-state index in [2.05, 4.69) is 68.3 Å². The summed E-state index contributed by atoms with van der Waals surface area (Å²) >= 11 is 1.64. The summed E-state index contributed by atoms with van der Waals surface area (Å²) in [5.74, 6) is 1.73. The molecule has 174 valence electrons. The molecule has 2 aromatic carbocycles. The van der Waals surface area contributed by atoms with Crippen molar-refractivity contribution in [3.8, 4) is 17.1 Å². The van der Waals surface area contributed by atoms with Crippen molar-refractivity contribution in [2.45, 2.75) is 24.9 Å². The van der Waals surface area contributed by atoms with E-state index in [1.807, 2.05) is 18.2 Å². The lowest BCUT2D eigenvalue weighted by Gasteiger charge is -2.26. The van der Waals surface area contributed by atoms with Gasteiger partial charge in [-0.2, -0.15) is 0 Å². The number of hydrogen-bond acceptors (Lipinski definition) is 6. The Hall–Kier alpha value is -2.68. The standard InChI is InChI=1S/C25H31N5O2S/c1-20-9-11-21(12-10-20)24-27-28-25(30(24)22-6-3-2-4-7-22)33-19-5-8-23(31)26-13-14-29-15-17-32-18-16-29/h2-4,6-7,9-12H,5,8,13-19H2,1H3,(H,26,31). The number of morpholine rings is 1. The molecule has 33 heavy (non-hydrogen) atoms. The van der Waals surface area contributed by atoms with Crippen LogP contribution in [0.15, 0.2) is 59.8 Å². The molecular weight excluding hydrogens is 434 g/mol. The van der Waals surface area contributed by atoms with Gasteiger partial charge in [0.15, 0.2) is 11.0 Å². The predicted octanol–water partition coefficient (Wildman–Crippen LogP) is 3.56. The Morgan fingerprint density at radius 2 is 1.82 bits per heavy atom. The molecule has 1 saturated heterocycles. The lowest BCUT2D eigenvalue weighted by molar-refractivity contribution is -0.121. The molecular formula is C25H31N5O2S. The average Bonchev–Trinajstić information content (AvgIpc) is 3.27. The molecule has 1 fully saturated rings. The number of thioether (sulfide) groups is 1. The maximum Gasteiger partial charge on any atom is 0.220 e. The predicted molar refractivity (Wildman–Crippen MR) is 132 cm³/mol. The number of aromatic nitrogens is 3. The largest absolute Gasteiger partial charge is 0.379 e. The number of ether oxygens (including phenoxy) is 1. The molecule has 0 saturated carbocycles. The van der Waals surface area contributed by atoms with E-state index >= 15 is 0 Å². The highest BCUT2D eigenvalue weighted by Crippen LogP contribution is 2.28. The number of rotatable bonds is 10. The first kappa shape index (κ1) is 23.5. The maximum absolute atomic E-state index is 12.2. The molecule has 1 amide bonds. The van der Waals surface area contributed by atoms with Gasteiger partial charge in [-0.05, 0) is 25.5 Å². The zero-order valence-corrected chi connectivity index (χ0v) is 19.9. The monoisotopic (exact) mass is 465 g/mol. The topological polar surface area (TPSA) is 72.3 Å². The Labute approximate surface area is 199 Å². The molecule has 0 radical (unpaired) electrons. The van der Waals surface area contributed by atoms with Gasteiger partial charge in [0.25, 0.3) is 0 Å². The number of aryl methyl sites for hydroxylation is 1. The van der Waals surface area contributed by atoms with Crippen LogP contribution in [0.1, 0.15) is 18.4 Å². The van der Waals surface area contributed by atoms with Gasteiger partial charge in [0, 0.05) is 49.6 Å². The van der Waals surface area contributed by atoms with E-state index in [-0.39, 0.29) is 5.91 Å². The van der Waals surface area contributed by atoms with Gasteiger partial charge in [-0.3, -0.25) is 14.3 Å². The van der Waals surface area contributed by atoms with E-state index in [9.17, 15) is 4.79 Å². The van der Waals surface area contributed by atoms with Crippen LogP contribution in [0.4, 0.5) is 0 Å². The zero-order valence-electron chi connectivity index (χ0n) is 19.1. The molecule has 8 heteroatoms. The summed E-state index contributed by atoms with van der Waals surface area (Å²) in [6.45, 7) is 7.10. The van der Waals surface area contributed by atoms with Crippen LogP contribution in [-0.4, -0.2) is 70.7 Å². The molecule has 1 aliphatic rings. The van der Waals surface area contributed by atoms with Crippen LogP contribution in [0.25, 0.3) is 17.1 Å². The van der Waals surface area contributed by atoms with Crippen LogP contribution < -0.4 is 5.32 Å². The van der Waals surface area contributed by atoms with Gasteiger partial charge in [-0.15, -0.1) is 10.2 Å². The Morgan fingerprint density at radius 3 is 2.58 bits per heavy atom. The highest BCUT2D eigenvalue weighted by molar-refractivity contribution is 7.99. The molecule has 3 aromatic rings. The van der Waals surface area contributed by atoms with Crippen molar-refractivity contribution in [2.24, 2.45) is 0 Å². The third-order valence-electron chi connectivity index (χ3n) is 5.59. The molecule has 2 heterocycles. The summed E-state index contributed by atoms with van der Waals surface area (Å²) in [5, 5.41) is 12.8. The van der Waals surface area contributed by atoms with Crippen LogP contribution in [-0.2, 0) is 9.53 Å². The van der Waals surface area contributed by atoms with Crippen LogP contribution in [0.2, 0.25) is 0 Å². The van der Waals surface area contributed by atoms with Crippen molar-refractivity contribution in [1.82, 2.24) is 25.0 Å². The van der Waals surface area contributed by atoms with E-state index in [1.54, 1.807) is 11.8 Å². The summed E-state index contributed by atoms with van der Waals surface area (Å²) < 4.78 is 7.45. The Balaban J connectivity index is 1.31. The van der Waals surface area contributed by atoms with Gasteiger partial charge in [-0.25, -0.2) is 0 Å². The van der Waals surface area contributed by atoms with Crippen molar-refractivity contribution in [2.75, 3.05) is 45.1 Å². The van der Waals surface area contributed by atoms with Gasteiger partial charge in [0.05, 0.1) is 13.2 Å². The third kappa shape index (κ3) is 6.66. The summed E-state index contributed by atoms with van der Waals surface area (Å²) in [4.78, 5) is 14.5. The molecule has 0 unspecified atom stereocenters. The number of nitrogens with one attached hydrogen (secondary N) is 1. The first-order chi connectivity index (χ1) is 16.2. The first-order valence-electron chi connectivity index (χ1n) is 11.5. The van der Waals surface area contributed by atoms with Gasteiger partial charge >= 0.3 is 0 Å². The van der Waals surface area contributed by atoms with Crippen molar-refractivity contribution in [3.63, 3.8) is 0 Å². The van der Waals surface area contributed by atoms with Crippen LogP contribution in [0.5, 0.6) is 0 Å². The highest BCUT2D eigenvalue weighted by atomic mass is 32.2. The Kier molecular flexibility index (Phi) is 8.52. The molecule has 0 aliphatic carbocycles. The zero-order chi connectivity index (χ0) is 22.9. The normalized spacial score (nSPS) is 14.3. The smallest absolute Gasteiger partial charge is 0.220 e. The fourth-order valence-electron chi connectivity index (χ4n) is 3.73. The number of amides is 1. The average molecular weight is 466 g/mol. The van der Waals surface area contributed by atoms with E-state index in [4.69, 9.17) is 4.74 Å². The van der Waals surface area contributed by atoms with Crippen molar-refractivity contribution >= 4 is 17.7 Å². The van der Waals surface area contributed by atoms with E-state index < -0.39 is 0 Å². The fraction of sp³-hybridized carbons (Fsp3) is 0.400. The molecule has 0 atom stereocenters. The number of para-hydroxylation sites is 1. The minimum atomic E-state index is 0.105. The van der Waals surface area contributed by atoms with Crippen LogP contribution in [0, 0.1) is 6.92 Å². The second-order valence-electron chi connectivity index (χ2n) is 8.10. The quantitative estimate of drug-likeness (QED) is 0.365. The number of carbonyl (C=O) groups excluding carboxylic acids is 1. The van der Waals surface area contributed by atoms with Gasteiger partial charge < -0.3 is 10.1 Å². The lowest BCUT2D eigenvalue weighted by Crippen LogP contribution is -2.41. The number of hydrogen-bond donors (Lipinski definition) is 1. The third-order valence-corrected chi connectivity index (χ3v) is 6.61. The lowest BCUT2D eigenvalue weighted by atomic mass is 10.1.